The van der Waals surface area contributed by atoms with Crippen molar-refractivity contribution in [1.29, 1.82) is 0 Å². The van der Waals surface area contributed by atoms with Crippen LogP contribution in [0.1, 0.15) is 43.0 Å². The van der Waals surface area contributed by atoms with Gasteiger partial charge >= 0.3 is 0 Å². The molecule has 0 radical (unpaired) electrons. The Morgan fingerprint density at radius 3 is 2.19 bits per heavy atom. The summed E-state index contributed by atoms with van der Waals surface area (Å²) < 4.78 is 37.1. The number of nitrogens with zero attached hydrogens (tertiary/aromatic N) is 1. The summed E-state index contributed by atoms with van der Waals surface area (Å²) in [5, 5.41) is 2.94. The Bertz CT molecular complexity index is 1040. The largest absolute Gasteiger partial charge is 0.493 e. The number of hydrogen-bond acceptors (Lipinski definition) is 5. The number of nitrogens with one attached hydrogen (secondary N) is 1. The Balaban J connectivity index is 2.34. The van der Waals surface area contributed by atoms with Crippen molar-refractivity contribution < 1.29 is 22.7 Å². The summed E-state index contributed by atoms with van der Waals surface area (Å²) in [5.74, 6) is 0.781. The average Bonchev–Trinajstić information content (AvgIpc) is 2.72. The number of aryl methyl sites for hydroxylation is 2. The van der Waals surface area contributed by atoms with Crippen LogP contribution < -0.4 is 19.1 Å². The summed E-state index contributed by atoms with van der Waals surface area (Å²) >= 11 is 0. The zero-order valence-corrected chi connectivity index (χ0v) is 20.0. The van der Waals surface area contributed by atoms with Gasteiger partial charge in [0, 0.05) is 0 Å². The van der Waals surface area contributed by atoms with E-state index in [1.54, 1.807) is 45.4 Å². The fraction of sp³-hybridized carbons (Fsp3) is 0.435. The summed E-state index contributed by atoms with van der Waals surface area (Å²) in [6.45, 7) is 7.51. The Hall–Kier alpha value is -2.74. The van der Waals surface area contributed by atoms with Crippen LogP contribution in [-0.2, 0) is 14.8 Å². The molecule has 170 valence electrons. The van der Waals surface area contributed by atoms with Crippen LogP contribution in [0.2, 0.25) is 0 Å². The average molecular weight is 449 g/mol. The maximum Gasteiger partial charge on any atom is 0.244 e. The molecule has 0 aliphatic carbocycles. The molecule has 0 bridgehead atoms. The van der Waals surface area contributed by atoms with Crippen LogP contribution >= 0.6 is 0 Å². The minimum absolute atomic E-state index is 0.324. The van der Waals surface area contributed by atoms with E-state index in [2.05, 4.69) is 5.32 Å². The van der Waals surface area contributed by atoms with E-state index in [9.17, 15) is 13.2 Å². The third kappa shape index (κ3) is 5.70. The van der Waals surface area contributed by atoms with Gasteiger partial charge in [-0.25, -0.2) is 8.42 Å². The maximum atomic E-state index is 13.2. The molecule has 0 saturated heterocycles. The third-order valence-corrected chi connectivity index (χ3v) is 6.52. The summed E-state index contributed by atoms with van der Waals surface area (Å²) in [4.78, 5) is 13.2. The van der Waals surface area contributed by atoms with Gasteiger partial charge < -0.3 is 14.8 Å². The molecular formula is C23H32N2O5S. The lowest BCUT2D eigenvalue weighted by Gasteiger charge is -2.31. The van der Waals surface area contributed by atoms with Crippen LogP contribution in [0, 0.1) is 13.8 Å². The summed E-state index contributed by atoms with van der Waals surface area (Å²) in [6.07, 6.45) is 1.44. The lowest BCUT2D eigenvalue weighted by Crippen LogP contribution is -2.49. The highest BCUT2D eigenvalue weighted by atomic mass is 32.2. The van der Waals surface area contributed by atoms with Crippen molar-refractivity contribution in [2.75, 3.05) is 24.8 Å². The number of sulfonamides is 1. The fourth-order valence-electron chi connectivity index (χ4n) is 3.44. The molecule has 2 atom stereocenters. The van der Waals surface area contributed by atoms with Crippen molar-refractivity contribution in [2.24, 2.45) is 0 Å². The van der Waals surface area contributed by atoms with Gasteiger partial charge in [0.15, 0.2) is 11.5 Å². The number of benzene rings is 2. The van der Waals surface area contributed by atoms with Crippen LogP contribution in [0.3, 0.4) is 0 Å². The summed E-state index contributed by atoms with van der Waals surface area (Å²) in [5.41, 5.74) is 3.31. The number of ether oxygens (including phenoxy) is 2. The molecule has 0 aromatic heterocycles. The van der Waals surface area contributed by atoms with E-state index in [0.29, 0.717) is 23.6 Å². The van der Waals surface area contributed by atoms with Crippen molar-refractivity contribution >= 4 is 21.6 Å². The normalized spacial score (nSPS) is 13.3. The molecule has 0 saturated carbocycles. The molecule has 0 spiro atoms. The van der Waals surface area contributed by atoms with Crippen molar-refractivity contribution in [3.63, 3.8) is 0 Å². The molecule has 2 aromatic rings. The van der Waals surface area contributed by atoms with Gasteiger partial charge in [0.1, 0.15) is 6.04 Å². The van der Waals surface area contributed by atoms with Gasteiger partial charge in [-0.2, -0.15) is 0 Å². The molecule has 0 aliphatic rings. The topological polar surface area (TPSA) is 84.9 Å². The SMILES string of the molecule is CC[C@@H](C(=O)N[C@H](C)c1ccc(OC)c(OC)c1)N(c1ccc(C)c(C)c1)S(C)(=O)=O. The molecule has 2 rings (SSSR count). The van der Waals surface area contributed by atoms with E-state index in [1.165, 1.54) is 4.31 Å². The highest BCUT2D eigenvalue weighted by Gasteiger charge is 2.32. The van der Waals surface area contributed by atoms with Crippen molar-refractivity contribution in [3.05, 3.63) is 53.1 Å². The molecule has 7 nitrogen and oxygen atoms in total. The van der Waals surface area contributed by atoms with Crippen molar-refractivity contribution in [3.8, 4) is 11.5 Å². The maximum absolute atomic E-state index is 13.2. The first-order valence-electron chi connectivity index (χ1n) is 10.1. The Morgan fingerprint density at radius 2 is 1.68 bits per heavy atom. The number of amides is 1. The van der Waals surface area contributed by atoms with Gasteiger partial charge in [-0.3, -0.25) is 9.10 Å². The second-order valence-corrected chi connectivity index (χ2v) is 9.46. The molecule has 31 heavy (non-hydrogen) atoms. The summed E-state index contributed by atoms with van der Waals surface area (Å²) in [6, 6.07) is 9.56. The number of rotatable bonds is 9. The van der Waals surface area contributed by atoms with E-state index >= 15 is 0 Å². The van der Waals surface area contributed by atoms with E-state index in [-0.39, 0.29) is 11.9 Å². The zero-order chi connectivity index (χ0) is 23.3. The van der Waals surface area contributed by atoms with Crippen LogP contribution in [-0.4, -0.2) is 40.8 Å². The fourth-order valence-corrected chi connectivity index (χ4v) is 4.64. The monoisotopic (exact) mass is 448 g/mol. The number of anilines is 1. The van der Waals surface area contributed by atoms with E-state index in [4.69, 9.17) is 9.47 Å². The van der Waals surface area contributed by atoms with Gasteiger partial charge in [-0.05, 0) is 68.1 Å². The lowest BCUT2D eigenvalue weighted by molar-refractivity contribution is -0.122. The molecule has 0 heterocycles. The Morgan fingerprint density at radius 1 is 1.03 bits per heavy atom. The van der Waals surface area contributed by atoms with Gasteiger partial charge in [0.2, 0.25) is 15.9 Å². The molecule has 2 aromatic carbocycles. The third-order valence-electron chi connectivity index (χ3n) is 5.34. The summed E-state index contributed by atoms with van der Waals surface area (Å²) in [7, 11) is -0.584. The van der Waals surface area contributed by atoms with Crippen molar-refractivity contribution in [2.45, 2.75) is 46.2 Å². The predicted octanol–water partition coefficient (Wildman–Crippen LogP) is 3.74. The molecule has 0 fully saturated rings. The Kier molecular flexibility index (Phi) is 7.95. The molecule has 0 aliphatic heterocycles. The molecule has 8 heteroatoms. The van der Waals surface area contributed by atoms with Crippen LogP contribution in [0.25, 0.3) is 0 Å². The first kappa shape index (κ1) is 24.5. The van der Waals surface area contributed by atoms with E-state index < -0.39 is 16.1 Å². The molecule has 1 N–H and O–H groups in total. The smallest absolute Gasteiger partial charge is 0.244 e. The number of methoxy groups -OCH3 is 2. The van der Waals surface area contributed by atoms with Gasteiger partial charge in [-0.15, -0.1) is 0 Å². The van der Waals surface area contributed by atoms with Gasteiger partial charge in [-0.1, -0.05) is 19.1 Å². The van der Waals surface area contributed by atoms with E-state index in [1.807, 2.05) is 32.9 Å². The van der Waals surface area contributed by atoms with Crippen LogP contribution in [0.4, 0.5) is 5.69 Å². The minimum Gasteiger partial charge on any atom is -0.493 e. The van der Waals surface area contributed by atoms with E-state index in [0.717, 1.165) is 22.9 Å². The second kappa shape index (κ2) is 10.0. The quantitative estimate of drug-likeness (QED) is 0.632. The van der Waals surface area contributed by atoms with Crippen LogP contribution in [0.5, 0.6) is 11.5 Å². The lowest BCUT2D eigenvalue weighted by atomic mass is 10.1. The van der Waals surface area contributed by atoms with Gasteiger partial charge in [0.05, 0.1) is 32.2 Å². The second-order valence-electron chi connectivity index (χ2n) is 7.60. The highest BCUT2D eigenvalue weighted by molar-refractivity contribution is 7.92. The predicted molar refractivity (Wildman–Crippen MR) is 123 cm³/mol. The zero-order valence-electron chi connectivity index (χ0n) is 19.2. The van der Waals surface area contributed by atoms with Gasteiger partial charge in [0.25, 0.3) is 0 Å². The molecule has 0 unspecified atom stereocenters. The number of carbonyl (C=O) groups excluding carboxylic acids is 1. The molecule has 1 amide bonds. The minimum atomic E-state index is -3.69. The van der Waals surface area contributed by atoms with Crippen molar-refractivity contribution in [1.82, 2.24) is 5.32 Å². The first-order valence-corrected chi connectivity index (χ1v) is 12.0. The van der Waals surface area contributed by atoms with Crippen LogP contribution in [0.15, 0.2) is 36.4 Å². The number of carbonyl (C=O) groups is 1. The standard InChI is InChI=1S/C23H32N2O5S/c1-8-20(25(31(7,27)28)19-11-9-15(2)16(3)13-19)23(26)24-17(4)18-10-12-21(29-5)22(14-18)30-6/h9-14,17,20H,8H2,1-7H3,(H,24,26)/t17-,20+/m1/s1. The first-order chi connectivity index (χ1) is 14.5. The molecular weight excluding hydrogens is 416 g/mol. The number of hydrogen-bond donors (Lipinski definition) is 1. The Labute approximate surface area is 185 Å². The highest BCUT2D eigenvalue weighted by Crippen LogP contribution is 2.30.